The van der Waals surface area contributed by atoms with Crippen molar-refractivity contribution >= 4 is 5.91 Å². The number of amides is 1. The minimum Gasteiger partial charge on any atom is -0.344 e. The van der Waals surface area contributed by atoms with Crippen LogP contribution in [-0.4, -0.2) is 30.8 Å². The van der Waals surface area contributed by atoms with E-state index in [1.165, 1.54) is 0 Å². The number of carbonyl (C=O) groups excluding carboxylic acids is 1. The van der Waals surface area contributed by atoms with Crippen molar-refractivity contribution in [2.45, 2.75) is 33.2 Å². The van der Waals surface area contributed by atoms with Crippen molar-refractivity contribution in [1.29, 1.82) is 0 Å². The fourth-order valence-electron chi connectivity index (χ4n) is 3.30. The van der Waals surface area contributed by atoms with E-state index in [-0.39, 0.29) is 12.3 Å². The zero-order valence-electron chi connectivity index (χ0n) is 17.0. The van der Waals surface area contributed by atoms with Crippen LogP contribution in [0.2, 0.25) is 0 Å². The Hall–Kier alpha value is -3.81. The van der Waals surface area contributed by atoms with Gasteiger partial charge in [-0.25, -0.2) is 4.68 Å². The van der Waals surface area contributed by atoms with Crippen LogP contribution in [0, 0.1) is 13.8 Å². The molecule has 3 heterocycles. The van der Waals surface area contributed by atoms with E-state index in [4.69, 9.17) is 4.52 Å². The van der Waals surface area contributed by atoms with Gasteiger partial charge in [-0.2, -0.15) is 10.1 Å². The van der Waals surface area contributed by atoms with Crippen LogP contribution >= 0.6 is 0 Å². The molecule has 0 saturated carbocycles. The zero-order chi connectivity index (χ0) is 21.1. The minimum absolute atomic E-state index is 0.134. The molecule has 0 aliphatic heterocycles. The number of benzene rings is 1. The van der Waals surface area contributed by atoms with Gasteiger partial charge in [0.2, 0.25) is 17.6 Å². The van der Waals surface area contributed by atoms with Gasteiger partial charge in [-0.05, 0) is 45.0 Å². The molecule has 0 spiro atoms. The number of aryl methyl sites for hydroxylation is 1. The molecule has 8 nitrogen and oxygen atoms in total. The third kappa shape index (κ3) is 3.98. The first-order valence-corrected chi connectivity index (χ1v) is 9.67. The smallest absolute Gasteiger partial charge is 0.249 e. The Morgan fingerprint density at radius 3 is 2.60 bits per heavy atom. The fraction of sp³-hybridized carbons (Fsp3) is 0.227. The Balaban J connectivity index is 1.45. The lowest BCUT2D eigenvalue weighted by molar-refractivity contribution is -0.121. The second kappa shape index (κ2) is 8.28. The van der Waals surface area contributed by atoms with Crippen LogP contribution in [0.25, 0.3) is 17.1 Å². The maximum atomic E-state index is 12.7. The third-order valence-corrected chi connectivity index (χ3v) is 4.91. The van der Waals surface area contributed by atoms with Crippen LogP contribution in [0.5, 0.6) is 0 Å². The molecule has 1 N–H and O–H groups in total. The first-order chi connectivity index (χ1) is 14.5. The van der Waals surface area contributed by atoms with Gasteiger partial charge in [-0.15, -0.1) is 0 Å². The molecule has 1 atom stereocenters. The molecule has 8 heteroatoms. The van der Waals surface area contributed by atoms with Crippen molar-refractivity contribution in [2.24, 2.45) is 0 Å². The SMILES string of the molecule is Cc1nn(-c2ccccc2)c(C)c1CC(=O)N[C@@H](C)c1nc(-c2ccncc2)no1. The summed E-state index contributed by atoms with van der Waals surface area (Å²) >= 11 is 0. The van der Waals surface area contributed by atoms with Crippen LogP contribution in [0.4, 0.5) is 0 Å². The lowest BCUT2D eigenvalue weighted by Crippen LogP contribution is -2.28. The van der Waals surface area contributed by atoms with E-state index in [0.717, 1.165) is 28.2 Å². The predicted octanol–water partition coefficient (Wildman–Crippen LogP) is 3.35. The van der Waals surface area contributed by atoms with Gasteiger partial charge >= 0.3 is 0 Å². The maximum absolute atomic E-state index is 12.7. The quantitative estimate of drug-likeness (QED) is 0.531. The monoisotopic (exact) mass is 402 g/mol. The number of rotatable bonds is 6. The van der Waals surface area contributed by atoms with E-state index >= 15 is 0 Å². The molecule has 0 saturated heterocycles. The minimum atomic E-state index is -0.412. The molecule has 30 heavy (non-hydrogen) atoms. The summed E-state index contributed by atoms with van der Waals surface area (Å²) in [6, 6.07) is 13.0. The largest absolute Gasteiger partial charge is 0.344 e. The van der Waals surface area contributed by atoms with Crippen LogP contribution < -0.4 is 5.32 Å². The number of hydrogen-bond acceptors (Lipinski definition) is 6. The summed E-state index contributed by atoms with van der Waals surface area (Å²) in [4.78, 5) is 21.0. The summed E-state index contributed by atoms with van der Waals surface area (Å²) in [6.45, 7) is 5.70. The highest BCUT2D eigenvalue weighted by Crippen LogP contribution is 2.20. The Morgan fingerprint density at radius 1 is 1.13 bits per heavy atom. The number of nitrogens with zero attached hydrogens (tertiary/aromatic N) is 5. The molecular weight excluding hydrogens is 380 g/mol. The molecule has 0 radical (unpaired) electrons. The highest BCUT2D eigenvalue weighted by Gasteiger charge is 2.20. The number of aromatic nitrogens is 5. The zero-order valence-corrected chi connectivity index (χ0v) is 17.0. The van der Waals surface area contributed by atoms with Crippen LogP contribution in [-0.2, 0) is 11.2 Å². The van der Waals surface area contributed by atoms with E-state index < -0.39 is 6.04 Å². The summed E-state index contributed by atoms with van der Waals surface area (Å²) in [5.74, 6) is 0.679. The highest BCUT2D eigenvalue weighted by atomic mass is 16.5. The maximum Gasteiger partial charge on any atom is 0.249 e. The normalized spacial score (nSPS) is 12.0. The van der Waals surface area contributed by atoms with Crippen molar-refractivity contribution in [3.63, 3.8) is 0 Å². The molecule has 1 amide bonds. The first-order valence-electron chi connectivity index (χ1n) is 9.67. The molecule has 0 aliphatic rings. The lowest BCUT2D eigenvalue weighted by Gasteiger charge is -2.10. The van der Waals surface area contributed by atoms with E-state index in [1.807, 2.05) is 55.8 Å². The average Bonchev–Trinajstić information content (AvgIpc) is 3.36. The van der Waals surface area contributed by atoms with E-state index in [2.05, 4.69) is 25.5 Å². The van der Waals surface area contributed by atoms with Crippen LogP contribution in [0.3, 0.4) is 0 Å². The van der Waals surface area contributed by atoms with Gasteiger partial charge in [-0.1, -0.05) is 23.4 Å². The lowest BCUT2D eigenvalue weighted by atomic mass is 10.1. The number of para-hydroxylation sites is 1. The van der Waals surface area contributed by atoms with Gasteiger partial charge in [0.25, 0.3) is 0 Å². The molecule has 0 aliphatic carbocycles. The Bertz CT molecular complexity index is 1150. The van der Waals surface area contributed by atoms with Crippen molar-refractivity contribution in [3.05, 3.63) is 77.7 Å². The molecule has 4 aromatic rings. The fourth-order valence-corrected chi connectivity index (χ4v) is 3.30. The molecule has 0 fully saturated rings. The third-order valence-electron chi connectivity index (χ3n) is 4.91. The van der Waals surface area contributed by atoms with E-state index in [9.17, 15) is 4.79 Å². The molecule has 0 bridgehead atoms. The van der Waals surface area contributed by atoms with Crippen molar-refractivity contribution in [2.75, 3.05) is 0 Å². The Morgan fingerprint density at radius 2 is 1.87 bits per heavy atom. The second-order valence-electron chi connectivity index (χ2n) is 7.05. The van der Waals surface area contributed by atoms with Gasteiger partial charge in [0.1, 0.15) is 6.04 Å². The molecule has 4 rings (SSSR count). The van der Waals surface area contributed by atoms with Gasteiger partial charge in [-0.3, -0.25) is 9.78 Å². The van der Waals surface area contributed by atoms with Gasteiger partial charge < -0.3 is 9.84 Å². The summed E-state index contributed by atoms with van der Waals surface area (Å²) in [7, 11) is 0. The van der Waals surface area contributed by atoms with Gasteiger partial charge in [0.15, 0.2) is 0 Å². The van der Waals surface area contributed by atoms with Gasteiger partial charge in [0, 0.05) is 29.2 Å². The molecule has 152 valence electrons. The Kier molecular flexibility index (Phi) is 5.38. The van der Waals surface area contributed by atoms with Crippen molar-refractivity contribution < 1.29 is 9.32 Å². The number of nitrogens with one attached hydrogen (secondary N) is 1. The second-order valence-corrected chi connectivity index (χ2v) is 7.05. The molecule has 1 aromatic carbocycles. The highest BCUT2D eigenvalue weighted by molar-refractivity contribution is 5.79. The average molecular weight is 402 g/mol. The predicted molar refractivity (Wildman–Crippen MR) is 111 cm³/mol. The van der Waals surface area contributed by atoms with Gasteiger partial charge in [0.05, 0.1) is 17.8 Å². The standard InChI is InChI=1S/C22H22N6O2/c1-14-19(16(3)28(26-14)18-7-5-4-6-8-18)13-20(29)24-15(2)22-25-21(27-30-22)17-9-11-23-12-10-17/h4-12,15H,13H2,1-3H3,(H,24,29)/t15-/m0/s1. The number of carbonyl (C=O) groups is 1. The molecule has 0 unspecified atom stereocenters. The summed E-state index contributed by atoms with van der Waals surface area (Å²) < 4.78 is 7.19. The summed E-state index contributed by atoms with van der Waals surface area (Å²) in [6.07, 6.45) is 3.55. The number of pyridine rings is 1. The van der Waals surface area contributed by atoms with Crippen LogP contribution in [0.15, 0.2) is 59.4 Å². The number of hydrogen-bond donors (Lipinski definition) is 1. The summed E-state index contributed by atoms with van der Waals surface area (Å²) in [5, 5.41) is 11.5. The summed E-state index contributed by atoms with van der Waals surface area (Å²) in [5.41, 5.74) is 4.45. The molecule has 3 aromatic heterocycles. The topological polar surface area (TPSA) is 98.7 Å². The van der Waals surface area contributed by atoms with E-state index in [0.29, 0.717) is 11.7 Å². The first kappa shape index (κ1) is 19.5. The van der Waals surface area contributed by atoms with E-state index in [1.54, 1.807) is 24.5 Å². The van der Waals surface area contributed by atoms with Crippen molar-refractivity contribution in [1.82, 2.24) is 30.2 Å². The molecular formula is C22H22N6O2. The Labute approximate surface area is 174 Å². The van der Waals surface area contributed by atoms with Crippen molar-refractivity contribution in [3.8, 4) is 17.1 Å². The van der Waals surface area contributed by atoms with Crippen LogP contribution in [0.1, 0.15) is 35.8 Å².